The summed E-state index contributed by atoms with van der Waals surface area (Å²) in [5.41, 5.74) is 1.12. The standard InChI is InChI=1S/C14H19NO3/c1-18-14(17)15-9-5-8-13(16)12(15)10-11-6-3-2-4-7-11/h2-4,6-7,12-13,16H,5,8-10H2,1H3/t12-,13-/m0/s1. The number of hydrogen-bond acceptors (Lipinski definition) is 3. The van der Waals surface area contributed by atoms with Gasteiger partial charge in [-0.25, -0.2) is 4.79 Å². The van der Waals surface area contributed by atoms with Crippen LogP contribution >= 0.6 is 0 Å². The fraction of sp³-hybridized carbons (Fsp3) is 0.500. The molecule has 1 aliphatic rings. The van der Waals surface area contributed by atoms with Gasteiger partial charge in [0.1, 0.15) is 0 Å². The molecule has 4 heteroatoms. The van der Waals surface area contributed by atoms with Gasteiger partial charge in [-0.2, -0.15) is 0 Å². The topological polar surface area (TPSA) is 49.8 Å². The van der Waals surface area contributed by atoms with Crippen LogP contribution in [0.1, 0.15) is 18.4 Å². The number of methoxy groups -OCH3 is 1. The van der Waals surface area contributed by atoms with Crippen molar-refractivity contribution in [3.05, 3.63) is 35.9 Å². The average Bonchev–Trinajstić information content (AvgIpc) is 2.41. The van der Waals surface area contributed by atoms with Crippen molar-refractivity contribution >= 4 is 6.09 Å². The van der Waals surface area contributed by atoms with E-state index in [9.17, 15) is 9.90 Å². The molecule has 0 radical (unpaired) electrons. The summed E-state index contributed by atoms with van der Waals surface area (Å²) in [5.74, 6) is 0. The van der Waals surface area contributed by atoms with Gasteiger partial charge >= 0.3 is 6.09 Å². The van der Waals surface area contributed by atoms with Gasteiger partial charge in [0.2, 0.25) is 0 Å². The van der Waals surface area contributed by atoms with E-state index in [1.54, 1.807) is 4.90 Å². The molecule has 2 atom stereocenters. The summed E-state index contributed by atoms with van der Waals surface area (Å²) in [7, 11) is 1.38. The molecular formula is C14H19NO3. The zero-order valence-electron chi connectivity index (χ0n) is 10.6. The predicted molar refractivity (Wildman–Crippen MR) is 68.3 cm³/mol. The highest BCUT2D eigenvalue weighted by molar-refractivity contribution is 5.68. The first-order valence-electron chi connectivity index (χ1n) is 6.29. The summed E-state index contributed by atoms with van der Waals surface area (Å²) in [6, 6.07) is 9.72. The number of aliphatic hydroxyl groups is 1. The zero-order valence-corrected chi connectivity index (χ0v) is 10.6. The third-order valence-corrected chi connectivity index (χ3v) is 3.44. The van der Waals surface area contributed by atoms with Gasteiger partial charge in [0.05, 0.1) is 19.3 Å². The molecule has 1 aromatic rings. The van der Waals surface area contributed by atoms with Gasteiger partial charge in [-0.3, -0.25) is 0 Å². The molecule has 4 nitrogen and oxygen atoms in total. The number of benzene rings is 1. The molecule has 0 aromatic heterocycles. The minimum absolute atomic E-state index is 0.186. The first kappa shape index (κ1) is 12.9. The fourth-order valence-corrected chi connectivity index (χ4v) is 2.48. The fourth-order valence-electron chi connectivity index (χ4n) is 2.48. The molecule has 1 aromatic carbocycles. The maximum absolute atomic E-state index is 11.7. The van der Waals surface area contributed by atoms with Crippen molar-refractivity contribution in [3.63, 3.8) is 0 Å². The summed E-state index contributed by atoms with van der Waals surface area (Å²) < 4.78 is 4.78. The Morgan fingerprint density at radius 1 is 1.44 bits per heavy atom. The minimum atomic E-state index is -0.474. The molecule has 1 amide bonds. The lowest BCUT2D eigenvalue weighted by molar-refractivity contribution is 0.0112. The van der Waals surface area contributed by atoms with Crippen LogP contribution < -0.4 is 0 Å². The van der Waals surface area contributed by atoms with Crippen LogP contribution in [0.25, 0.3) is 0 Å². The average molecular weight is 249 g/mol. The molecule has 98 valence electrons. The Morgan fingerprint density at radius 3 is 2.83 bits per heavy atom. The molecule has 1 N–H and O–H groups in total. The van der Waals surface area contributed by atoms with Crippen LogP contribution in [0.2, 0.25) is 0 Å². The lowest BCUT2D eigenvalue weighted by Crippen LogP contribution is -2.52. The number of hydrogen-bond donors (Lipinski definition) is 1. The Kier molecular flexibility index (Phi) is 4.20. The summed E-state index contributed by atoms with van der Waals surface area (Å²) in [4.78, 5) is 13.3. The van der Waals surface area contributed by atoms with E-state index in [0.29, 0.717) is 13.0 Å². The van der Waals surface area contributed by atoms with E-state index in [-0.39, 0.29) is 12.1 Å². The molecule has 1 aliphatic heterocycles. The number of amides is 1. The van der Waals surface area contributed by atoms with Crippen LogP contribution in [-0.2, 0) is 11.2 Å². The Bertz CT molecular complexity index is 393. The number of likely N-dealkylation sites (tertiary alicyclic amines) is 1. The first-order valence-corrected chi connectivity index (χ1v) is 6.29. The van der Waals surface area contributed by atoms with Crippen LogP contribution in [0.15, 0.2) is 30.3 Å². The Morgan fingerprint density at radius 2 is 2.17 bits per heavy atom. The normalized spacial score (nSPS) is 23.8. The maximum Gasteiger partial charge on any atom is 0.409 e. The lowest BCUT2D eigenvalue weighted by atomic mass is 9.93. The van der Waals surface area contributed by atoms with Gasteiger partial charge in [-0.05, 0) is 24.8 Å². The van der Waals surface area contributed by atoms with E-state index in [1.165, 1.54) is 7.11 Å². The van der Waals surface area contributed by atoms with E-state index >= 15 is 0 Å². The smallest absolute Gasteiger partial charge is 0.409 e. The van der Waals surface area contributed by atoms with Gasteiger partial charge in [-0.15, -0.1) is 0 Å². The molecule has 1 heterocycles. The van der Waals surface area contributed by atoms with E-state index in [0.717, 1.165) is 18.4 Å². The summed E-state index contributed by atoms with van der Waals surface area (Å²) in [5, 5.41) is 10.1. The highest BCUT2D eigenvalue weighted by Crippen LogP contribution is 2.22. The molecule has 0 aliphatic carbocycles. The molecule has 1 saturated heterocycles. The number of ether oxygens (including phenoxy) is 1. The first-order chi connectivity index (χ1) is 8.72. The third-order valence-electron chi connectivity index (χ3n) is 3.44. The highest BCUT2D eigenvalue weighted by Gasteiger charge is 2.33. The van der Waals surface area contributed by atoms with Crippen molar-refractivity contribution in [1.29, 1.82) is 0 Å². The number of carbonyl (C=O) groups is 1. The van der Waals surface area contributed by atoms with Crippen molar-refractivity contribution in [2.24, 2.45) is 0 Å². The Balaban J connectivity index is 2.12. The minimum Gasteiger partial charge on any atom is -0.453 e. The highest BCUT2D eigenvalue weighted by atomic mass is 16.5. The second kappa shape index (κ2) is 5.87. The predicted octanol–water partition coefficient (Wildman–Crippen LogP) is 1.82. The van der Waals surface area contributed by atoms with Gasteiger partial charge in [0.25, 0.3) is 0 Å². The second-order valence-corrected chi connectivity index (χ2v) is 4.63. The molecule has 0 saturated carbocycles. The second-order valence-electron chi connectivity index (χ2n) is 4.63. The van der Waals surface area contributed by atoms with Crippen molar-refractivity contribution in [2.45, 2.75) is 31.4 Å². The van der Waals surface area contributed by atoms with E-state index in [2.05, 4.69) is 0 Å². The molecular weight excluding hydrogens is 230 g/mol. The Hall–Kier alpha value is -1.55. The van der Waals surface area contributed by atoms with Crippen molar-refractivity contribution in [1.82, 2.24) is 4.90 Å². The van der Waals surface area contributed by atoms with Gasteiger partial charge in [-0.1, -0.05) is 30.3 Å². The number of rotatable bonds is 2. The summed E-state index contributed by atoms with van der Waals surface area (Å²) in [6.07, 6.45) is 1.40. The summed E-state index contributed by atoms with van der Waals surface area (Å²) >= 11 is 0. The lowest BCUT2D eigenvalue weighted by Gasteiger charge is -2.38. The van der Waals surface area contributed by atoms with E-state index in [1.807, 2.05) is 30.3 Å². The molecule has 1 fully saturated rings. The van der Waals surface area contributed by atoms with Crippen LogP contribution in [-0.4, -0.2) is 41.9 Å². The Labute approximate surface area is 107 Å². The summed E-state index contributed by atoms with van der Waals surface area (Å²) in [6.45, 7) is 0.654. The molecule has 0 unspecified atom stereocenters. The molecule has 18 heavy (non-hydrogen) atoms. The SMILES string of the molecule is COC(=O)N1CCC[C@H](O)[C@@H]1Cc1ccccc1. The quantitative estimate of drug-likeness (QED) is 0.869. The van der Waals surface area contributed by atoms with Gasteiger partial charge in [0.15, 0.2) is 0 Å². The number of carbonyl (C=O) groups excluding carboxylic acids is 1. The van der Waals surface area contributed by atoms with Crippen molar-refractivity contribution < 1.29 is 14.6 Å². The van der Waals surface area contributed by atoms with Crippen LogP contribution in [0.3, 0.4) is 0 Å². The largest absolute Gasteiger partial charge is 0.453 e. The number of nitrogens with zero attached hydrogens (tertiary/aromatic N) is 1. The van der Waals surface area contributed by atoms with Crippen LogP contribution in [0, 0.1) is 0 Å². The number of aliphatic hydroxyl groups excluding tert-OH is 1. The third kappa shape index (κ3) is 2.82. The maximum atomic E-state index is 11.7. The monoisotopic (exact) mass is 249 g/mol. The van der Waals surface area contributed by atoms with Crippen LogP contribution in [0.4, 0.5) is 4.79 Å². The molecule has 0 spiro atoms. The van der Waals surface area contributed by atoms with Crippen LogP contribution in [0.5, 0.6) is 0 Å². The van der Waals surface area contributed by atoms with Gasteiger partial charge in [0, 0.05) is 6.54 Å². The molecule has 2 rings (SSSR count). The van der Waals surface area contributed by atoms with E-state index < -0.39 is 6.10 Å². The van der Waals surface area contributed by atoms with Gasteiger partial charge < -0.3 is 14.7 Å². The molecule has 0 bridgehead atoms. The zero-order chi connectivity index (χ0) is 13.0. The number of piperidine rings is 1. The van der Waals surface area contributed by atoms with Crippen molar-refractivity contribution in [3.8, 4) is 0 Å². The van der Waals surface area contributed by atoms with Crippen molar-refractivity contribution in [2.75, 3.05) is 13.7 Å². The van der Waals surface area contributed by atoms with E-state index in [4.69, 9.17) is 4.74 Å².